The van der Waals surface area contributed by atoms with E-state index in [1.54, 1.807) is 0 Å². The summed E-state index contributed by atoms with van der Waals surface area (Å²) in [5.41, 5.74) is 1.24. The molecule has 1 atom stereocenters. The number of para-hydroxylation sites is 1. The van der Waals surface area contributed by atoms with E-state index in [2.05, 4.69) is 34.5 Å². The summed E-state index contributed by atoms with van der Waals surface area (Å²) in [6.45, 7) is 1.96. The number of aliphatic hydroxyl groups is 1. The second kappa shape index (κ2) is 7.14. The first-order valence-corrected chi connectivity index (χ1v) is 8.51. The van der Waals surface area contributed by atoms with Crippen LogP contribution in [0.3, 0.4) is 0 Å². The zero-order chi connectivity index (χ0) is 15.4. The van der Waals surface area contributed by atoms with Crippen molar-refractivity contribution in [1.29, 1.82) is 0 Å². The van der Waals surface area contributed by atoms with Gasteiger partial charge in [-0.25, -0.2) is 0 Å². The van der Waals surface area contributed by atoms with E-state index in [1.165, 1.54) is 5.69 Å². The number of amides is 1. The standard InChI is InChI=1S/C18H26N2O2/c21-17-10-8-14(9-11-17)18(22)19-15-5-4-12-20(13-15)16-6-2-1-3-7-16/h1-3,6-7,14-15,17,21H,4-5,8-13H2,(H,19,22). The lowest BCUT2D eigenvalue weighted by atomic mass is 9.86. The molecule has 2 aliphatic rings. The van der Waals surface area contributed by atoms with Crippen LogP contribution in [0.25, 0.3) is 0 Å². The molecule has 1 aliphatic heterocycles. The highest BCUT2D eigenvalue weighted by atomic mass is 16.3. The second-order valence-electron chi connectivity index (χ2n) is 6.63. The highest BCUT2D eigenvalue weighted by Gasteiger charge is 2.28. The van der Waals surface area contributed by atoms with Crippen molar-refractivity contribution in [2.45, 2.75) is 50.7 Å². The summed E-state index contributed by atoms with van der Waals surface area (Å²) >= 11 is 0. The van der Waals surface area contributed by atoms with Crippen LogP contribution in [0, 0.1) is 5.92 Å². The lowest BCUT2D eigenvalue weighted by molar-refractivity contribution is -0.127. The summed E-state index contributed by atoms with van der Waals surface area (Å²) in [5, 5.41) is 12.8. The smallest absolute Gasteiger partial charge is 0.223 e. The maximum atomic E-state index is 12.4. The van der Waals surface area contributed by atoms with Gasteiger partial charge in [0.2, 0.25) is 5.91 Å². The van der Waals surface area contributed by atoms with Gasteiger partial charge >= 0.3 is 0 Å². The number of aliphatic hydroxyl groups excluding tert-OH is 1. The molecule has 1 unspecified atom stereocenters. The van der Waals surface area contributed by atoms with Gasteiger partial charge in [0.05, 0.1) is 6.10 Å². The predicted octanol–water partition coefficient (Wildman–Crippen LogP) is 2.32. The van der Waals surface area contributed by atoms with Crippen LogP contribution in [-0.2, 0) is 4.79 Å². The van der Waals surface area contributed by atoms with Crippen molar-refractivity contribution in [2.75, 3.05) is 18.0 Å². The fourth-order valence-corrected chi connectivity index (χ4v) is 3.63. The quantitative estimate of drug-likeness (QED) is 0.901. The molecule has 120 valence electrons. The van der Waals surface area contributed by atoms with Gasteiger partial charge < -0.3 is 15.3 Å². The van der Waals surface area contributed by atoms with Crippen molar-refractivity contribution >= 4 is 11.6 Å². The van der Waals surface area contributed by atoms with E-state index in [1.807, 2.05) is 6.07 Å². The molecule has 2 N–H and O–H groups in total. The van der Waals surface area contributed by atoms with Crippen molar-refractivity contribution in [3.8, 4) is 0 Å². The topological polar surface area (TPSA) is 52.6 Å². The molecule has 2 fully saturated rings. The molecule has 0 aromatic heterocycles. The SMILES string of the molecule is O=C(NC1CCCN(c2ccccc2)C1)C1CCC(O)CC1. The average molecular weight is 302 g/mol. The first-order chi connectivity index (χ1) is 10.7. The number of anilines is 1. The number of nitrogens with one attached hydrogen (secondary N) is 1. The minimum absolute atomic E-state index is 0.0931. The third kappa shape index (κ3) is 3.80. The van der Waals surface area contributed by atoms with Gasteiger partial charge in [-0.2, -0.15) is 0 Å². The summed E-state index contributed by atoms with van der Waals surface area (Å²) in [5.74, 6) is 0.280. The van der Waals surface area contributed by atoms with Crippen molar-refractivity contribution in [3.05, 3.63) is 30.3 Å². The highest BCUT2D eigenvalue weighted by molar-refractivity contribution is 5.79. The molecule has 1 aromatic rings. The monoisotopic (exact) mass is 302 g/mol. The number of carbonyl (C=O) groups is 1. The second-order valence-corrected chi connectivity index (χ2v) is 6.63. The fraction of sp³-hybridized carbons (Fsp3) is 0.611. The van der Waals surface area contributed by atoms with E-state index >= 15 is 0 Å². The molecule has 4 heteroatoms. The number of rotatable bonds is 3. The number of benzene rings is 1. The highest BCUT2D eigenvalue weighted by Crippen LogP contribution is 2.25. The lowest BCUT2D eigenvalue weighted by Gasteiger charge is -2.36. The molecule has 4 nitrogen and oxygen atoms in total. The maximum absolute atomic E-state index is 12.4. The van der Waals surface area contributed by atoms with Gasteiger partial charge in [0.25, 0.3) is 0 Å². The fourth-order valence-electron chi connectivity index (χ4n) is 3.63. The molecule has 1 amide bonds. The Balaban J connectivity index is 1.53. The third-order valence-electron chi connectivity index (χ3n) is 4.96. The van der Waals surface area contributed by atoms with Crippen molar-refractivity contribution in [3.63, 3.8) is 0 Å². The van der Waals surface area contributed by atoms with Crippen LogP contribution in [0.2, 0.25) is 0 Å². The summed E-state index contributed by atoms with van der Waals surface area (Å²) < 4.78 is 0. The third-order valence-corrected chi connectivity index (χ3v) is 4.96. The van der Waals surface area contributed by atoms with E-state index < -0.39 is 0 Å². The zero-order valence-corrected chi connectivity index (χ0v) is 13.1. The number of nitrogens with zero attached hydrogens (tertiary/aromatic N) is 1. The van der Waals surface area contributed by atoms with Crippen molar-refractivity contribution in [1.82, 2.24) is 5.32 Å². The van der Waals surface area contributed by atoms with Crippen LogP contribution < -0.4 is 10.2 Å². The molecule has 0 spiro atoms. The van der Waals surface area contributed by atoms with Gasteiger partial charge in [-0.1, -0.05) is 18.2 Å². The van der Waals surface area contributed by atoms with Crippen LogP contribution in [0.1, 0.15) is 38.5 Å². The van der Waals surface area contributed by atoms with Crippen LogP contribution in [0.5, 0.6) is 0 Å². The molecule has 0 radical (unpaired) electrons. The summed E-state index contributed by atoms with van der Waals surface area (Å²) in [6, 6.07) is 10.7. The number of hydrogen-bond donors (Lipinski definition) is 2. The first kappa shape index (κ1) is 15.3. The Morgan fingerprint density at radius 1 is 1.09 bits per heavy atom. The molecule has 1 aromatic carbocycles. The molecule has 1 aliphatic carbocycles. The molecule has 1 heterocycles. The predicted molar refractivity (Wildman–Crippen MR) is 87.8 cm³/mol. The van der Waals surface area contributed by atoms with Crippen molar-refractivity contribution < 1.29 is 9.90 Å². The summed E-state index contributed by atoms with van der Waals surface area (Å²) in [6.07, 6.45) is 5.14. The number of carbonyl (C=O) groups excluding carboxylic acids is 1. The zero-order valence-electron chi connectivity index (χ0n) is 13.1. The van der Waals surface area contributed by atoms with E-state index in [0.29, 0.717) is 0 Å². The number of piperidine rings is 1. The molecular formula is C18H26N2O2. The van der Waals surface area contributed by atoms with Crippen LogP contribution in [0.15, 0.2) is 30.3 Å². The van der Waals surface area contributed by atoms with Crippen LogP contribution in [-0.4, -0.2) is 36.2 Å². The Morgan fingerprint density at radius 3 is 2.55 bits per heavy atom. The Hall–Kier alpha value is -1.55. The van der Waals surface area contributed by atoms with E-state index in [4.69, 9.17) is 0 Å². The normalized spacial score (nSPS) is 29.1. The Bertz CT molecular complexity index is 483. The van der Waals surface area contributed by atoms with Crippen LogP contribution in [0.4, 0.5) is 5.69 Å². The summed E-state index contributed by atoms with van der Waals surface area (Å²) in [7, 11) is 0. The Labute approximate surface area is 132 Å². The number of hydrogen-bond acceptors (Lipinski definition) is 3. The molecule has 1 saturated carbocycles. The van der Waals surface area contributed by atoms with Gasteiger partial charge in [-0.05, 0) is 50.7 Å². The molecule has 1 saturated heterocycles. The van der Waals surface area contributed by atoms with Gasteiger partial charge in [-0.15, -0.1) is 0 Å². The lowest BCUT2D eigenvalue weighted by Crippen LogP contribution is -2.49. The van der Waals surface area contributed by atoms with E-state index in [9.17, 15) is 9.90 Å². The molecular weight excluding hydrogens is 276 g/mol. The maximum Gasteiger partial charge on any atom is 0.223 e. The van der Waals surface area contributed by atoms with Gasteiger partial charge in [-0.3, -0.25) is 4.79 Å². The Kier molecular flexibility index (Phi) is 4.98. The minimum Gasteiger partial charge on any atom is -0.393 e. The molecule has 3 rings (SSSR count). The average Bonchev–Trinajstić information content (AvgIpc) is 2.56. The Morgan fingerprint density at radius 2 is 1.82 bits per heavy atom. The summed E-state index contributed by atoms with van der Waals surface area (Å²) in [4.78, 5) is 14.8. The van der Waals surface area contributed by atoms with Gasteiger partial charge in [0, 0.05) is 30.7 Å². The van der Waals surface area contributed by atoms with Gasteiger partial charge in [0.1, 0.15) is 0 Å². The minimum atomic E-state index is -0.202. The molecule has 0 bridgehead atoms. The van der Waals surface area contributed by atoms with Gasteiger partial charge in [0.15, 0.2) is 0 Å². The van der Waals surface area contributed by atoms with Crippen LogP contribution >= 0.6 is 0 Å². The van der Waals surface area contributed by atoms with Crippen molar-refractivity contribution in [2.24, 2.45) is 5.92 Å². The first-order valence-electron chi connectivity index (χ1n) is 8.51. The largest absolute Gasteiger partial charge is 0.393 e. The molecule has 22 heavy (non-hydrogen) atoms. The van der Waals surface area contributed by atoms with E-state index in [0.717, 1.165) is 51.6 Å². The van der Waals surface area contributed by atoms with E-state index in [-0.39, 0.29) is 24.0 Å².